The lowest BCUT2D eigenvalue weighted by molar-refractivity contribution is 0.0977. The summed E-state index contributed by atoms with van der Waals surface area (Å²) in [7, 11) is 0. The van der Waals surface area contributed by atoms with Gasteiger partial charge < -0.3 is 5.32 Å². The number of anilines is 1. The van der Waals surface area contributed by atoms with Crippen molar-refractivity contribution >= 4 is 73.7 Å². The van der Waals surface area contributed by atoms with E-state index in [1.54, 1.807) is 23.5 Å². The first-order valence-corrected chi connectivity index (χ1v) is 10.5. The van der Waals surface area contributed by atoms with Gasteiger partial charge in [0.25, 0.3) is 5.91 Å². The number of nitrogens with zero attached hydrogens (tertiary/aromatic N) is 1. The molecule has 0 saturated carbocycles. The van der Waals surface area contributed by atoms with Crippen LogP contribution in [0.15, 0.2) is 66.7 Å². The lowest BCUT2D eigenvalue weighted by Crippen LogP contribution is -2.34. The van der Waals surface area contributed by atoms with Crippen LogP contribution < -0.4 is 10.6 Å². The van der Waals surface area contributed by atoms with E-state index >= 15 is 0 Å². The SMILES string of the molecule is O=C(NC(=S)Nc1ccc(-c2nc3ccccc3s2)cc1)c1ccc(Cl)c(Cl)c1. The number of carbonyl (C=O) groups is 1. The average Bonchev–Trinajstić information content (AvgIpc) is 3.14. The van der Waals surface area contributed by atoms with E-state index in [2.05, 4.69) is 21.7 Å². The first kappa shape index (κ1) is 19.8. The number of fused-ring (bicyclic) bond motifs is 1. The molecule has 0 aliphatic carbocycles. The molecule has 4 aromatic rings. The number of nitrogens with one attached hydrogen (secondary N) is 2. The molecule has 1 heterocycles. The molecular weight excluding hydrogens is 445 g/mol. The van der Waals surface area contributed by atoms with Gasteiger partial charge in [-0.25, -0.2) is 4.98 Å². The van der Waals surface area contributed by atoms with Gasteiger partial charge in [0, 0.05) is 16.8 Å². The quantitative estimate of drug-likeness (QED) is 0.349. The van der Waals surface area contributed by atoms with Gasteiger partial charge >= 0.3 is 0 Å². The highest BCUT2D eigenvalue weighted by Gasteiger charge is 2.11. The molecule has 0 spiro atoms. The second kappa shape index (κ2) is 8.47. The topological polar surface area (TPSA) is 54.0 Å². The molecule has 0 atom stereocenters. The smallest absolute Gasteiger partial charge is 0.257 e. The largest absolute Gasteiger partial charge is 0.332 e. The van der Waals surface area contributed by atoms with Gasteiger partial charge in [-0.1, -0.05) is 35.3 Å². The molecule has 1 aromatic heterocycles. The van der Waals surface area contributed by atoms with Gasteiger partial charge in [0.1, 0.15) is 5.01 Å². The van der Waals surface area contributed by atoms with Crippen LogP contribution in [-0.2, 0) is 0 Å². The van der Waals surface area contributed by atoms with Crippen LogP contribution in [0.25, 0.3) is 20.8 Å². The number of hydrogen-bond acceptors (Lipinski definition) is 4. The van der Waals surface area contributed by atoms with E-state index in [0.717, 1.165) is 26.5 Å². The molecule has 8 heteroatoms. The van der Waals surface area contributed by atoms with Crippen LogP contribution in [0.4, 0.5) is 5.69 Å². The second-order valence-electron chi connectivity index (χ2n) is 6.10. The molecule has 0 saturated heterocycles. The van der Waals surface area contributed by atoms with Gasteiger partial charge in [0.2, 0.25) is 0 Å². The van der Waals surface area contributed by atoms with Crippen molar-refractivity contribution in [2.24, 2.45) is 0 Å². The Kier molecular flexibility index (Phi) is 5.78. The highest BCUT2D eigenvalue weighted by Crippen LogP contribution is 2.30. The summed E-state index contributed by atoms with van der Waals surface area (Å²) in [5.74, 6) is -0.368. The van der Waals surface area contributed by atoms with Crippen LogP contribution >= 0.6 is 46.8 Å². The average molecular weight is 458 g/mol. The zero-order valence-electron chi connectivity index (χ0n) is 14.8. The Balaban J connectivity index is 1.42. The van der Waals surface area contributed by atoms with Crippen molar-refractivity contribution in [3.8, 4) is 10.6 Å². The van der Waals surface area contributed by atoms with Crippen LogP contribution in [-0.4, -0.2) is 16.0 Å². The fourth-order valence-corrected chi connectivity index (χ4v) is 4.15. The van der Waals surface area contributed by atoms with Crippen molar-refractivity contribution in [1.29, 1.82) is 0 Å². The van der Waals surface area contributed by atoms with E-state index in [4.69, 9.17) is 35.4 Å². The molecule has 4 nitrogen and oxygen atoms in total. The number of carbonyl (C=O) groups excluding carboxylic acids is 1. The number of thiazole rings is 1. The summed E-state index contributed by atoms with van der Waals surface area (Å²) >= 11 is 18.7. The number of hydrogen-bond donors (Lipinski definition) is 2. The van der Waals surface area contributed by atoms with Crippen LogP contribution in [0.2, 0.25) is 10.0 Å². The van der Waals surface area contributed by atoms with Crippen molar-refractivity contribution < 1.29 is 4.79 Å². The first-order valence-electron chi connectivity index (χ1n) is 8.53. The lowest BCUT2D eigenvalue weighted by Gasteiger charge is -2.10. The third kappa shape index (κ3) is 4.57. The zero-order chi connectivity index (χ0) is 20.4. The van der Waals surface area contributed by atoms with Gasteiger partial charge in [-0.2, -0.15) is 0 Å². The molecule has 0 aliphatic heterocycles. The molecule has 0 unspecified atom stereocenters. The summed E-state index contributed by atoms with van der Waals surface area (Å²) in [4.78, 5) is 16.9. The van der Waals surface area contributed by atoms with Crippen molar-refractivity contribution in [2.75, 3.05) is 5.32 Å². The zero-order valence-corrected chi connectivity index (χ0v) is 17.9. The van der Waals surface area contributed by atoms with E-state index in [-0.39, 0.29) is 11.0 Å². The standard InChI is InChI=1S/C21H13Cl2N3OS2/c22-15-10-7-13(11-16(15)23)19(27)26-21(28)24-14-8-5-12(6-9-14)20-25-17-3-1-2-4-18(17)29-20/h1-11H,(H2,24,26,27,28). The van der Waals surface area contributed by atoms with Crippen molar-refractivity contribution in [2.45, 2.75) is 0 Å². The molecule has 2 N–H and O–H groups in total. The molecule has 0 bridgehead atoms. The van der Waals surface area contributed by atoms with Crippen LogP contribution in [0.1, 0.15) is 10.4 Å². The first-order chi connectivity index (χ1) is 14.0. The number of aromatic nitrogens is 1. The highest BCUT2D eigenvalue weighted by atomic mass is 35.5. The highest BCUT2D eigenvalue weighted by molar-refractivity contribution is 7.80. The summed E-state index contributed by atoms with van der Waals surface area (Å²) in [6, 6.07) is 20.4. The number of para-hydroxylation sites is 1. The number of benzene rings is 3. The maximum Gasteiger partial charge on any atom is 0.257 e. The summed E-state index contributed by atoms with van der Waals surface area (Å²) in [6.07, 6.45) is 0. The predicted octanol–water partition coefficient (Wildman–Crippen LogP) is 6.40. The molecular formula is C21H13Cl2N3OS2. The molecule has 0 radical (unpaired) electrons. The predicted molar refractivity (Wildman–Crippen MR) is 125 cm³/mol. The summed E-state index contributed by atoms with van der Waals surface area (Å²) in [5.41, 5.74) is 3.13. The Bertz CT molecular complexity index is 1190. The van der Waals surface area contributed by atoms with Crippen LogP contribution in [0, 0.1) is 0 Å². The molecule has 0 aliphatic rings. The summed E-state index contributed by atoms with van der Waals surface area (Å²) in [6.45, 7) is 0. The van der Waals surface area contributed by atoms with Gasteiger partial charge in [-0.05, 0) is 66.8 Å². The minimum atomic E-state index is -0.368. The van der Waals surface area contributed by atoms with E-state index in [1.807, 2.05) is 42.5 Å². The van der Waals surface area contributed by atoms with Crippen LogP contribution in [0.5, 0.6) is 0 Å². The molecule has 29 heavy (non-hydrogen) atoms. The minimum absolute atomic E-state index is 0.189. The Morgan fingerprint density at radius 2 is 1.72 bits per heavy atom. The van der Waals surface area contributed by atoms with E-state index < -0.39 is 0 Å². The van der Waals surface area contributed by atoms with Gasteiger partial charge in [-0.3, -0.25) is 10.1 Å². The number of rotatable bonds is 3. The number of thiocarbonyl (C=S) groups is 1. The van der Waals surface area contributed by atoms with Gasteiger partial charge in [0.15, 0.2) is 5.11 Å². The molecule has 1 amide bonds. The van der Waals surface area contributed by atoms with Crippen molar-refractivity contribution in [3.63, 3.8) is 0 Å². The molecule has 3 aromatic carbocycles. The minimum Gasteiger partial charge on any atom is -0.332 e. The van der Waals surface area contributed by atoms with E-state index in [0.29, 0.717) is 15.6 Å². The molecule has 144 valence electrons. The Hall–Kier alpha value is -2.51. The summed E-state index contributed by atoms with van der Waals surface area (Å²) in [5, 5.41) is 7.46. The third-order valence-electron chi connectivity index (χ3n) is 4.09. The third-order valence-corrected chi connectivity index (χ3v) is 6.12. The van der Waals surface area contributed by atoms with Gasteiger partial charge in [-0.15, -0.1) is 11.3 Å². The number of amides is 1. The van der Waals surface area contributed by atoms with Crippen LogP contribution in [0.3, 0.4) is 0 Å². The van der Waals surface area contributed by atoms with E-state index in [9.17, 15) is 4.79 Å². The van der Waals surface area contributed by atoms with E-state index in [1.165, 1.54) is 6.07 Å². The maximum atomic E-state index is 12.3. The van der Waals surface area contributed by atoms with Crippen molar-refractivity contribution in [3.05, 3.63) is 82.3 Å². The Labute approximate surface area is 186 Å². The van der Waals surface area contributed by atoms with Crippen molar-refractivity contribution in [1.82, 2.24) is 10.3 Å². The molecule has 0 fully saturated rings. The monoisotopic (exact) mass is 457 g/mol. The lowest BCUT2D eigenvalue weighted by atomic mass is 10.2. The normalized spacial score (nSPS) is 10.7. The molecule has 4 rings (SSSR count). The fourth-order valence-electron chi connectivity index (χ4n) is 2.67. The maximum absolute atomic E-state index is 12.3. The Morgan fingerprint density at radius 3 is 2.45 bits per heavy atom. The summed E-state index contributed by atoms with van der Waals surface area (Å²) < 4.78 is 1.15. The fraction of sp³-hybridized carbons (Fsp3) is 0. The Morgan fingerprint density at radius 1 is 0.966 bits per heavy atom. The number of halogens is 2. The van der Waals surface area contributed by atoms with Gasteiger partial charge in [0.05, 0.1) is 20.3 Å². The second-order valence-corrected chi connectivity index (χ2v) is 8.35.